The Morgan fingerprint density at radius 3 is 2.88 bits per heavy atom. The third kappa shape index (κ3) is 0.685. The molecule has 3 nitrogen and oxygen atoms in total. The van der Waals surface area contributed by atoms with E-state index in [4.69, 9.17) is 0 Å². The van der Waals surface area contributed by atoms with Crippen LogP contribution in [0.1, 0.15) is 12.6 Å². The van der Waals surface area contributed by atoms with Crippen LogP contribution in [0, 0.1) is 6.20 Å². The normalized spacial score (nSPS) is 9.75. The molecule has 43 valence electrons. The van der Waals surface area contributed by atoms with Crippen molar-refractivity contribution < 1.29 is 4.48 Å². The molecule has 4 heteroatoms. The third-order valence-electron chi connectivity index (χ3n) is 0.860. The Morgan fingerprint density at radius 1 is 1.88 bits per heavy atom. The Balaban J connectivity index is 2.92. The van der Waals surface area contributed by atoms with Gasteiger partial charge in [0, 0.05) is 0 Å². The van der Waals surface area contributed by atoms with Gasteiger partial charge in [0.15, 0.2) is 0 Å². The molecule has 0 saturated carbocycles. The van der Waals surface area contributed by atoms with E-state index in [1.807, 2.05) is 6.92 Å². The highest BCUT2D eigenvalue weighted by Crippen LogP contribution is 1.93. The van der Waals surface area contributed by atoms with Crippen LogP contribution < -0.4 is 0 Å². The molecule has 1 rings (SSSR count). The highest BCUT2D eigenvalue weighted by molar-refractivity contribution is 4.87. The van der Waals surface area contributed by atoms with Gasteiger partial charge in [-0.25, -0.2) is 0 Å². The summed E-state index contributed by atoms with van der Waals surface area (Å²) in [7, 11) is 0. The molecule has 0 spiro atoms. The SMILES string of the molecule is CCc1[c]nnn1F. The van der Waals surface area contributed by atoms with E-state index in [2.05, 4.69) is 16.5 Å². The summed E-state index contributed by atoms with van der Waals surface area (Å²) in [6.07, 6.45) is 2.95. The van der Waals surface area contributed by atoms with Gasteiger partial charge in [0.05, 0.1) is 0 Å². The quantitative estimate of drug-likeness (QED) is 0.528. The molecule has 0 atom stereocenters. The molecule has 1 aromatic rings. The van der Waals surface area contributed by atoms with E-state index in [0.29, 0.717) is 12.1 Å². The molecule has 0 aliphatic carbocycles. The maximum Gasteiger partial charge on any atom is 0.141 e. The van der Waals surface area contributed by atoms with Crippen molar-refractivity contribution in [3.8, 4) is 0 Å². The second-order valence-electron chi connectivity index (χ2n) is 1.36. The number of halogens is 1. The summed E-state index contributed by atoms with van der Waals surface area (Å²) in [4.78, 5) is 0.222. The van der Waals surface area contributed by atoms with Gasteiger partial charge in [-0.2, -0.15) is 0 Å². The van der Waals surface area contributed by atoms with Gasteiger partial charge >= 0.3 is 0 Å². The standard InChI is InChI=1S/C4H5FN3/c1-2-4-3-6-7-8(4)5/h2H2,1H3. The Labute approximate surface area is 46.1 Å². The highest BCUT2D eigenvalue weighted by atomic mass is 19.2. The van der Waals surface area contributed by atoms with E-state index >= 15 is 0 Å². The van der Waals surface area contributed by atoms with Gasteiger partial charge in [-0.05, 0) is 11.6 Å². The largest absolute Gasteiger partial charge is 0.141 e. The summed E-state index contributed by atoms with van der Waals surface area (Å²) in [5, 5.41) is 6.24. The van der Waals surface area contributed by atoms with E-state index in [-0.39, 0.29) is 4.90 Å². The molecule has 1 aromatic heterocycles. The third-order valence-corrected chi connectivity index (χ3v) is 0.860. The number of rotatable bonds is 1. The summed E-state index contributed by atoms with van der Waals surface area (Å²) in [6, 6.07) is 0. The van der Waals surface area contributed by atoms with Gasteiger partial charge in [-0.15, -0.1) is 5.10 Å². The van der Waals surface area contributed by atoms with Crippen LogP contribution in [0.4, 0.5) is 4.48 Å². The highest BCUT2D eigenvalue weighted by Gasteiger charge is 1.97. The van der Waals surface area contributed by atoms with Crippen LogP contribution in [0.2, 0.25) is 0 Å². The van der Waals surface area contributed by atoms with Crippen molar-refractivity contribution in [1.82, 2.24) is 15.2 Å². The minimum atomic E-state index is 0.222. The van der Waals surface area contributed by atoms with Gasteiger partial charge in [0.2, 0.25) is 0 Å². The molecule has 8 heavy (non-hydrogen) atoms. The average molecular weight is 114 g/mol. The lowest BCUT2D eigenvalue weighted by Crippen LogP contribution is -1.90. The van der Waals surface area contributed by atoms with Crippen LogP contribution in [0.5, 0.6) is 0 Å². The minimum absolute atomic E-state index is 0.222. The van der Waals surface area contributed by atoms with Gasteiger partial charge in [0.1, 0.15) is 11.9 Å². The van der Waals surface area contributed by atoms with Crippen molar-refractivity contribution in [2.45, 2.75) is 13.3 Å². The maximum atomic E-state index is 12.1. The fraction of sp³-hybridized carbons (Fsp3) is 0.500. The maximum absolute atomic E-state index is 12.1. The van der Waals surface area contributed by atoms with E-state index in [1.165, 1.54) is 0 Å². The van der Waals surface area contributed by atoms with Gasteiger partial charge in [-0.1, -0.05) is 16.3 Å². The van der Waals surface area contributed by atoms with Gasteiger partial charge in [-0.3, -0.25) is 0 Å². The molecule has 0 fully saturated rings. The molecule has 0 aromatic carbocycles. The Hall–Kier alpha value is -0.930. The summed E-state index contributed by atoms with van der Waals surface area (Å²) in [5.41, 5.74) is 0.380. The number of hydrogen-bond donors (Lipinski definition) is 0. The van der Waals surface area contributed by atoms with Gasteiger partial charge < -0.3 is 0 Å². The lowest BCUT2D eigenvalue weighted by Gasteiger charge is -1.84. The first-order valence-electron chi connectivity index (χ1n) is 2.33. The van der Waals surface area contributed by atoms with Crippen LogP contribution in [-0.2, 0) is 6.42 Å². The fourth-order valence-corrected chi connectivity index (χ4v) is 0.424. The molecular formula is C4H5FN3. The summed E-state index contributed by atoms with van der Waals surface area (Å²) in [6.45, 7) is 1.81. The van der Waals surface area contributed by atoms with E-state index < -0.39 is 0 Å². The fourth-order valence-electron chi connectivity index (χ4n) is 0.424. The zero-order chi connectivity index (χ0) is 5.98. The molecule has 0 unspecified atom stereocenters. The van der Waals surface area contributed by atoms with Crippen molar-refractivity contribution >= 4 is 0 Å². The lowest BCUT2D eigenvalue weighted by molar-refractivity contribution is 0.294. The number of aryl methyl sites for hydroxylation is 1. The molecule has 1 radical (unpaired) electrons. The molecular weight excluding hydrogens is 109 g/mol. The summed E-state index contributed by atoms with van der Waals surface area (Å²) in [5.74, 6) is 0. The second kappa shape index (κ2) is 1.90. The predicted molar refractivity (Wildman–Crippen MR) is 24.7 cm³/mol. The molecule has 0 saturated heterocycles. The molecule has 0 aliphatic rings. The van der Waals surface area contributed by atoms with Crippen LogP contribution in [0.15, 0.2) is 0 Å². The predicted octanol–water partition coefficient (Wildman–Crippen LogP) is 0.373. The van der Waals surface area contributed by atoms with Crippen molar-refractivity contribution in [2.24, 2.45) is 0 Å². The van der Waals surface area contributed by atoms with Gasteiger partial charge in [0.25, 0.3) is 0 Å². The van der Waals surface area contributed by atoms with E-state index in [1.54, 1.807) is 0 Å². The van der Waals surface area contributed by atoms with E-state index in [9.17, 15) is 4.48 Å². The lowest BCUT2D eigenvalue weighted by atomic mass is 10.4. The van der Waals surface area contributed by atoms with Crippen LogP contribution in [0.25, 0.3) is 0 Å². The summed E-state index contributed by atoms with van der Waals surface area (Å²) >= 11 is 0. The van der Waals surface area contributed by atoms with Crippen molar-refractivity contribution in [3.63, 3.8) is 0 Å². The number of aromatic nitrogens is 3. The van der Waals surface area contributed by atoms with Crippen molar-refractivity contribution in [3.05, 3.63) is 11.9 Å². The molecule has 0 aliphatic heterocycles. The smallest absolute Gasteiger partial charge is 0.126 e. The first-order chi connectivity index (χ1) is 3.84. The van der Waals surface area contributed by atoms with Crippen LogP contribution >= 0.6 is 0 Å². The topological polar surface area (TPSA) is 30.7 Å². The second-order valence-corrected chi connectivity index (χ2v) is 1.36. The monoisotopic (exact) mass is 114 g/mol. The van der Waals surface area contributed by atoms with Crippen LogP contribution in [-0.4, -0.2) is 15.2 Å². The van der Waals surface area contributed by atoms with Crippen molar-refractivity contribution in [1.29, 1.82) is 0 Å². The Morgan fingerprint density at radius 2 is 2.62 bits per heavy atom. The molecule has 0 amide bonds. The minimum Gasteiger partial charge on any atom is -0.126 e. The van der Waals surface area contributed by atoms with Crippen LogP contribution in [0.3, 0.4) is 0 Å². The molecule has 0 bridgehead atoms. The zero-order valence-corrected chi connectivity index (χ0v) is 4.43. The summed E-state index contributed by atoms with van der Waals surface area (Å²) < 4.78 is 12.1. The number of nitrogens with zero attached hydrogens (tertiary/aromatic N) is 3. The molecule has 1 heterocycles. The Bertz CT molecular complexity index is 172. The Kier molecular flexibility index (Phi) is 1.24. The first-order valence-corrected chi connectivity index (χ1v) is 2.33. The average Bonchev–Trinajstić information content (AvgIpc) is 2.14. The first kappa shape index (κ1) is 5.21. The van der Waals surface area contributed by atoms with Crippen molar-refractivity contribution in [2.75, 3.05) is 0 Å². The van der Waals surface area contributed by atoms with E-state index in [0.717, 1.165) is 0 Å². The zero-order valence-electron chi connectivity index (χ0n) is 4.43. The molecule has 0 N–H and O–H groups in total. The number of hydrogen-bond acceptors (Lipinski definition) is 2.